The van der Waals surface area contributed by atoms with E-state index in [1.165, 1.54) is 11.0 Å². The Morgan fingerprint density at radius 3 is 2.20 bits per heavy atom. The Labute approximate surface area is 296 Å². The monoisotopic (exact) mass is 705 g/mol. The zero-order chi connectivity index (χ0) is 38.2. The Kier molecular flexibility index (Phi) is 14.4. The number of carbonyl (C=O) groups excluding carboxylic acids is 7. The Bertz CT molecular complexity index is 1300. The van der Waals surface area contributed by atoms with E-state index in [4.69, 9.17) is 10.5 Å². The summed E-state index contributed by atoms with van der Waals surface area (Å²) in [5, 5.41) is 10.8. The van der Waals surface area contributed by atoms with Crippen molar-refractivity contribution in [3.05, 3.63) is 12.7 Å². The van der Waals surface area contributed by atoms with Crippen LogP contribution in [0.5, 0.6) is 0 Å². The van der Waals surface area contributed by atoms with Gasteiger partial charge in [0.1, 0.15) is 18.2 Å². The fourth-order valence-corrected chi connectivity index (χ4v) is 6.04. The third-order valence-corrected chi connectivity index (χ3v) is 9.16. The SMILES string of the molecule is C=CCNC(=O)C(=O)C(CCC)NC(=O)[C@@H]1C[C@@H](OC(N)=O)CN1C(=O)[C@@H](NC(=O)N[C@H](CN1CCC(C)(C)CC1=O)C(C)(C)C)C(C)(C)C. The minimum absolute atomic E-state index is 0.0202. The number of carbonyl (C=O) groups is 7. The number of nitrogens with zero attached hydrogens (tertiary/aromatic N) is 2. The molecular formula is C35H59N7O8. The quantitative estimate of drug-likeness (QED) is 0.133. The molecule has 2 heterocycles. The number of hydrogen-bond donors (Lipinski definition) is 5. The van der Waals surface area contributed by atoms with E-state index in [0.717, 1.165) is 6.42 Å². The lowest BCUT2D eigenvalue weighted by molar-refractivity contribution is -0.143. The van der Waals surface area contributed by atoms with Crippen LogP contribution in [0.4, 0.5) is 9.59 Å². The van der Waals surface area contributed by atoms with Gasteiger partial charge in [-0.05, 0) is 29.1 Å². The smallest absolute Gasteiger partial charge is 0.404 e. The van der Waals surface area contributed by atoms with Crippen molar-refractivity contribution in [2.45, 2.75) is 125 Å². The molecule has 0 saturated carbocycles. The number of rotatable bonds is 14. The largest absolute Gasteiger partial charge is 0.444 e. The standard InChI is InChI=1S/C35H59N7O8/c1-11-13-22(26(44)29(46)37-15-12-2)38-28(45)23-17-21(50-31(36)48)19-42(23)30(47)27(34(6,7)8)40-32(49)39-24(33(3,4)5)20-41-16-14-35(9,10)18-25(41)43/h12,21-24,27H,2,11,13-20H2,1,3-10H3,(H2,36,48)(H,37,46)(H,38,45)(H2,39,40,49)/t21-,22?,23+,24-,27-/m1/s1. The van der Waals surface area contributed by atoms with Crippen LogP contribution in [0.2, 0.25) is 0 Å². The number of nitrogens with two attached hydrogens (primary N) is 1. The van der Waals surface area contributed by atoms with Gasteiger partial charge in [-0.25, -0.2) is 9.59 Å². The number of amides is 7. The average Bonchev–Trinajstić information content (AvgIpc) is 3.40. The van der Waals surface area contributed by atoms with Gasteiger partial charge in [0.25, 0.3) is 5.91 Å². The van der Waals surface area contributed by atoms with Gasteiger partial charge in [0.2, 0.25) is 23.5 Å². The van der Waals surface area contributed by atoms with Gasteiger partial charge >= 0.3 is 12.1 Å². The molecule has 6 N–H and O–H groups in total. The Morgan fingerprint density at radius 2 is 1.68 bits per heavy atom. The van der Waals surface area contributed by atoms with Gasteiger partial charge in [0.15, 0.2) is 0 Å². The number of piperidine rings is 1. The summed E-state index contributed by atoms with van der Waals surface area (Å²) >= 11 is 0. The molecule has 0 spiro atoms. The van der Waals surface area contributed by atoms with Crippen molar-refractivity contribution in [1.82, 2.24) is 31.1 Å². The topological polar surface area (TPSA) is 209 Å². The molecule has 2 aliphatic heterocycles. The van der Waals surface area contributed by atoms with E-state index in [2.05, 4.69) is 41.7 Å². The molecule has 0 aromatic carbocycles. The van der Waals surface area contributed by atoms with Crippen molar-refractivity contribution in [2.24, 2.45) is 22.0 Å². The van der Waals surface area contributed by atoms with E-state index in [0.29, 0.717) is 25.9 Å². The number of primary amides is 1. The van der Waals surface area contributed by atoms with E-state index in [-0.39, 0.29) is 37.3 Å². The average molecular weight is 706 g/mol. The van der Waals surface area contributed by atoms with E-state index in [1.54, 1.807) is 32.6 Å². The summed E-state index contributed by atoms with van der Waals surface area (Å²) in [5.41, 5.74) is 3.87. The molecule has 2 fully saturated rings. The number of hydrogen-bond acceptors (Lipinski definition) is 8. The molecule has 0 radical (unpaired) electrons. The van der Waals surface area contributed by atoms with E-state index < -0.39 is 76.7 Å². The molecule has 5 atom stereocenters. The predicted molar refractivity (Wildman–Crippen MR) is 187 cm³/mol. The maximum atomic E-state index is 14.3. The zero-order valence-corrected chi connectivity index (χ0v) is 31.3. The second-order valence-corrected chi connectivity index (χ2v) is 16.3. The molecule has 282 valence electrons. The van der Waals surface area contributed by atoms with Gasteiger partial charge in [-0.3, -0.25) is 24.0 Å². The molecule has 15 heteroatoms. The Morgan fingerprint density at radius 1 is 1.04 bits per heavy atom. The summed E-state index contributed by atoms with van der Waals surface area (Å²) in [5.74, 6) is -3.06. The second kappa shape index (κ2) is 17.2. The van der Waals surface area contributed by atoms with Gasteiger partial charge in [0.05, 0.1) is 18.6 Å². The molecule has 1 unspecified atom stereocenters. The van der Waals surface area contributed by atoms with Crippen LogP contribution in [-0.4, -0.2) is 108 Å². The highest BCUT2D eigenvalue weighted by molar-refractivity contribution is 6.38. The van der Waals surface area contributed by atoms with E-state index in [9.17, 15) is 33.6 Å². The maximum absolute atomic E-state index is 14.3. The minimum atomic E-state index is -1.21. The summed E-state index contributed by atoms with van der Waals surface area (Å²) in [4.78, 5) is 94.5. The van der Waals surface area contributed by atoms with Gasteiger partial charge in [-0.1, -0.05) is 74.8 Å². The molecule has 2 aliphatic rings. The van der Waals surface area contributed by atoms with Gasteiger partial charge < -0.3 is 41.5 Å². The maximum Gasteiger partial charge on any atom is 0.404 e. The van der Waals surface area contributed by atoms with E-state index >= 15 is 0 Å². The molecule has 0 aliphatic carbocycles. The third kappa shape index (κ3) is 12.0. The second-order valence-electron chi connectivity index (χ2n) is 16.3. The van der Waals surface area contributed by atoms with E-state index in [1.807, 2.05) is 20.8 Å². The summed E-state index contributed by atoms with van der Waals surface area (Å²) in [7, 11) is 0. The number of Topliss-reactive ketones (excluding diaryl/α,β-unsaturated/α-hetero) is 1. The molecule has 0 aromatic rings. The molecule has 0 bridgehead atoms. The Hall–Kier alpha value is -4.17. The lowest BCUT2D eigenvalue weighted by Crippen LogP contribution is -2.62. The summed E-state index contributed by atoms with van der Waals surface area (Å²) in [6.45, 7) is 21.3. The number of likely N-dealkylation sites (tertiary alicyclic amines) is 2. The molecule has 7 amide bonds. The van der Waals surface area contributed by atoms with Crippen molar-refractivity contribution < 1.29 is 38.3 Å². The first-order chi connectivity index (χ1) is 23.0. The summed E-state index contributed by atoms with van der Waals surface area (Å²) < 4.78 is 5.18. The normalized spacial score (nSPS) is 20.9. The highest BCUT2D eigenvalue weighted by atomic mass is 16.6. The molecule has 0 aromatic heterocycles. The van der Waals surface area contributed by atoms with Crippen molar-refractivity contribution in [3.63, 3.8) is 0 Å². The van der Waals surface area contributed by atoms with Gasteiger partial charge in [0, 0.05) is 32.5 Å². The minimum Gasteiger partial charge on any atom is -0.444 e. The third-order valence-electron chi connectivity index (χ3n) is 9.16. The van der Waals surface area contributed by atoms with Crippen LogP contribution in [0.25, 0.3) is 0 Å². The molecule has 2 rings (SSSR count). The first-order valence-electron chi connectivity index (χ1n) is 17.3. The van der Waals surface area contributed by atoms with Crippen LogP contribution in [0.15, 0.2) is 12.7 Å². The van der Waals surface area contributed by atoms with Crippen LogP contribution in [0, 0.1) is 16.2 Å². The lowest BCUT2D eigenvalue weighted by atomic mass is 9.81. The first kappa shape index (κ1) is 42.0. The summed E-state index contributed by atoms with van der Waals surface area (Å²) in [6, 6.07) is -4.62. The van der Waals surface area contributed by atoms with Crippen LogP contribution in [-0.2, 0) is 28.7 Å². The highest BCUT2D eigenvalue weighted by Crippen LogP contribution is 2.32. The van der Waals surface area contributed by atoms with Crippen molar-refractivity contribution in [1.29, 1.82) is 0 Å². The van der Waals surface area contributed by atoms with Crippen LogP contribution in [0.3, 0.4) is 0 Å². The number of ether oxygens (including phenoxy) is 1. The van der Waals surface area contributed by atoms with Crippen LogP contribution in [0.1, 0.15) is 94.4 Å². The molecule has 50 heavy (non-hydrogen) atoms. The molecule has 15 nitrogen and oxygen atoms in total. The first-order valence-corrected chi connectivity index (χ1v) is 17.3. The van der Waals surface area contributed by atoms with Gasteiger partial charge in [-0.15, -0.1) is 6.58 Å². The fraction of sp³-hybridized carbons (Fsp3) is 0.743. The number of ketones is 1. The zero-order valence-electron chi connectivity index (χ0n) is 31.3. The van der Waals surface area contributed by atoms with Crippen molar-refractivity contribution in [2.75, 3.05) is 26.2 Å². The van der Waals surface area contributed by atoms with Gasteiger partial charge in [-0.2, -0.15) is 0 Å². The molecule has 2 saturated heterocycles. The van der Waals surface area contributed by atoms with Crippen molar-refractivity contribution >= 4 is 41.5 Å². The number of urea groups is 1. The highest BCUT2D eigenvalue weighted by Gasteiger charge is 2.47. The van der Waals surface area contributed by atoms with Crippen molar-refractivity contribution in [3.8, 4) is 0 Å². The molecular weight excluding hydrogens is 646 g/mol. The van der Waals surface area contributed by atoms with Crippen LogP contribution < -0.4 is 27.0 Å². The Balaban J connectivity index is 2.32. The number of nitrogens with one attached hydrogen (secondary N) is 4. The summed E-state index contributed by atoms with van der Waals surface area (Å²) in [6.07, 6.45) is 1.16. The fourth-order valence-electron chi connectivity index (χ4n) is 6.04. The lowest BCUT2D eigenvalue weighted by Gasteiger charge is -2.41. The van der Waals surface area contributed by atoms with Crippen LogP contribution >= 0.6 is 0 Å². The predicted octanol–water partition coefficient (Wildman–Crippen LogP) is 1.98.